The van der Waals surface area contributed by atoms with Gasteiger partial charge < -0.3 is 5.73 Å². The molecule has 5 aromatic rings. The molecule has 1 saturated carbocycles. The highest BCUT2D eigenvalue weighted by atomic mass is 35.5. The molecule has 17 heteroatoms. The maximum absolute atomic E-state index is 15.3. The Morgan fingerprint density at radius 2 is 1.78 bits per heavy atom. The Hall–Kier alpha value is -4.44. The number of pyridine rings is 1. The number of halogens is 7. The molecule has 0 bridgehead atoms. The summed E-state index contributed by atoms with van der Waals surface area (Å²) in [5.74, 6) is -9.12. The average Bonchev–Trinajstić information content (AvgIpc) is 3.56. The number of rotatable bonds is 11. The second-order valence-electron chi connectivity index (χ2n) is 13.3. The van der Waals surface area contributed by atoms with E-state index >= 15 is 8.78 Å². The van der Waals surface area contributed by atoms with Crippen LogP contribution in [0.15, 0.2) is 42.6 Å². The molecule has 9 nitrogen and oxygen atoms in total. The van der Waals surface area contributed by atoms with Gasteiger partial charge in [-0.1, -0.05) is 17.7 Å². The molecule has 2 aromatic carbocycles. The van der Waals surface area contributed by atoms with Gasteiger partial charge in [-0.2, -0.15) is 19.0 Å². The van der Waals surface area contributed by atoms with E-state index in [9.17, 15) is 30.8 Å². The zero-order valence-electron chi connectivity index (χ0n) is 27.0. The smallest absolute Gasteiger partial charge is 0.293 e. The number of hydrogen-bond donors (Lipinski definition) is 1. The highest BCUT2D eigenvalue weighted by Crippen LogP contribution is 2.68. The SMILES string of the molecule is Cn1nc(CS(C)(=O)=O)c2c(Cl)ccc(-c3cc(N)cnc3[C@@H](CC(=O)Cn3nc(C(F)F)c4c3C(F)(F)[C@@H]3C[C@H]43)Cc3cc(F)cc(F)c3)c21. The second-order valence-corrected chi connectivity index (χ2v) is 15.8. The third-order valence-electron chi connectivity index (χ3n) is 9.40. The number of carbonyl (C=O) groups excluding carboxylic acids is 1. The van der Waals surface area contributed by atoms with Crippen LogP contribution in [0, 0.1) is 17.6 Å². The van der Waals surface area contributed by atoms with Crippen molar-refractivity contribution in [2.24, 2.45) is 13.0 Å². The van der Waals surface area contributed by atoms with E-state index in [1.165, 1.54) is 16.9 Å². The summed E-state index contributed by atoms with van der Waals surface area (Å²) in [6.45, 7) is -0.760. The van der Waals surface area contributed by atoms with Crippen LogP contribution < -0.4 is 5.73 Å². The minimum atomic E-state index is -3.54. The third kappa shape index (κ3) is 6.36. The predicted octanol–water partition coefficient (Wildman–Crippen LogP) is 7.02. The molecule has 3 heterocycles. The van der Waals surface area contributed by atoms with Crippen LogP contribution in [0.3, 0.4) is 0 Å². The van der Waals surface area contributed by atoms with Gasteiger partial charge in [-0.25, -0.2) is 26.0 Å². The molecule has 7 rings (SSSR count). The Bertz CT molecular complexity index is 2340. The molecule has 0 spiro atoms. The van der Waals surface area contributed by atoms with E-state index in [4.69, 9.17) is 17.3 Å². The predicted molar refractivity (Wildman–Crippen MR) is 176 cm³/mol. The molecule has 2 N–H and O–H groups in total. The zero-order valence-corrected chi connectivity index (χ0v) is 28.6. The summed E-state index contributed by atoms with van der Waals surface area (Å²) < 4.78 is 114. The van der Waals surface area contributed by atoms with Crippen molar-refractivity contribution >= 4 is 43.8 Å². The number of nitrogen functional groups attached to an aromatic ring is 1. The summed E-state index contributed by atoms with van der Waals surface area (Å²) in [7, 11) is -1.95. The lowest BCUT2D eigenvalue weighted by Crippen LogP contribution is -2.24. The minimum Gasteiger partial charge on any atom is -0.397 e. The average molecular weight is 751 g/mol. The standard InChI is InChI=1S/C34H29ClF6N6O3S/c1-46-31-21(3-4-25(35)28(31)26(44-46)14-51(2,49)50)22-10-19(42)12-43-29(22)16(5-15-6-17(36)9-18(37)7-15)8-20(48)13-47-32-27(30(45-47)33(38)39)23-11-24(23)34(32,40)41/h3-4,6-7,9-10,12,16,23-24,33H,5,8,11,13-14,42H2,1-2H3/t16-,23+,24-/m1/s1. The van der Waals surface area contributed by atoms with Crippen molar-refractivity contribution in [3.63, 3.8) is 0 Å². The van der Waals surface area contributed by atoms with Crippen LogP contribution in [0.2, 0.25) is 5.02 Å². The third-order valence-corrected chi connectivity index (χ3v) is 10.5. The number of benzene rings is 2. The Morgan fingerprint density at radius 3 is 2.45 bits per heavy atom. The molecule has 0 aliphatic heterocycles. The van der Waals surface area contributed by atoms with Crippen LogP contribution in [-0.2, 0) is 46.3 Å². The van der Waals surface area contributed by atoms with Crippen molar-refractivity contribution in [2.45, 2.75) is 55.7 Å². The van der Waals surface area contributed by atoms with E-state index in [1.807, 2.05) is 0 Å². The minimum absolute atomic E-state index is 0.0571. The van der Waals surface area contributed by atoms with Gasteiger partial charge in [0.05, 0.1) is 39.6 Å². The summed E-state index contributed by atoms with van der Waals surface area (Å²) in [5.41, 5.74) is 6.47. The summed E-state index contributed by atoms with van der Waals surface area (Å²) in [6, 6.07) is 7.56. The number of nitrogens with zero attached hydrogens (tertiary/aromatic N) is 5. The fourth-order valence-corrected chi connectivity index (χ4v) is 8.38. The number of Topliss-reactive ketones (excluding diaryl/α,β-unsaturated/α-hetero) is 1. The first-order chi connectivity index (χ1) is 23.9. The van der Waals surface area contributed by atoms with Crippen molar-refractivity contribution < 1.29 is 39.6 Å². The maximum Gasteiger partial charge on any atom is 0.293 e. The van der Waals surface area contributed by atoms with Gasteiger partial charge in [0.2, 0.25) is 0 Å². The number of anilines is 1. The van der Waals surface area contributed by atoms with Crippen molar-refractivity contribution in [3.8, 4) is 11.1 Å². The lowest BCUT2D eigenvalue weighted by Gasteiger charge is -2.21. The van der Waals surface area contributed by atoms with E-state index in [1.54, 1.807) is 19.2 Å². The molecule has 1 fully saturated rings. The Morgan fingerprint density at radius 1 is 1.08 bits per heavy atom. The lowest BCUT2D eigenvalue weighted by atomic mass is 9.86. The quantitative estimate of drug-likeness (QED) is 0.144. The Kier molecular flexibility index (Phi) is 8.48. The monoisotopic (exact) mass is 750 g/mol. The highest BCUT2D eigenvalue weighted by Gasteiger charge is 2.67. The molecule has 268 valence electrons. The molecule has 0 radical (unpaired) electrons. The first-order valence-corrected chi connectivity index (χ1v) is 18.2. The summed E-state index contributed by atoms with van der Waals surface area (Å²) in [4.78, 5) is 18.3. The molecule has 2 aliphatic rings. The highest BCUT2D eigenvalue weighted by molar-refractivity contribution is 7.89. The molecule has 0 amide bonds. The molecule has 3 atom stereocenters. The van der Waals surface area contributed by atoms with Crippen LogP contribution in [0.1, 0.15) is 65.0 Å². The number of fused-ring (bicyclic) bond motifs is 4. The van der Waals surface area contributed by atoms with Crippen LogP contribution in [0.4, 0.5) is 32.0 Å². The van der Waals surface area contributed by atoms with Crippen LogP contribution >= 0.6 is 11.6 Å². The van der Waals surface area contributed by atoms with Crippen LogP contribution in [-0.4, -0.2) is 45.0 Å². The van der Waals surface area contributed by atoms with Gasteiger partial charge in [-0.15, -0.1) is 0 Å². The van der Waals surface area contributed by atoms with Crippen molar-refractivity contribution in [1.82, 2.24) is 24.5 Å². The number of hydrogen-bond acceptors (Lipinski definition) is 7. The lowest BCUT2D eigenvalue weighted by molar-refractivity contribution is -0.120. The number of sulfone groups is 1. The first kappa shape index (κ1) is 35.0. The van der Waals surface area contributed by atoms with Crippen molar-refractivity contribution in [1.29, 1.82) is 0 Å². The van der Waals surface area contributed by atoms with Gasteiger partial charge in [0.25, 0.3) is 12.3 Å². The maximum atomic E-state index is 15.3. The van der Waals surface area contributed by atoms with Crippen molar-refractivity contribution in [2.75, 3.05) is 12.0 Å². The van der Waals surface area contributed by atoms with Gasteiger partial charge >= 0.3 is 0 Å². The van der Waals surface area contributed by atoms with E-state index in [-0.39, 0.29) is 46.1 Å². The molecule has 2 aliphatic carbocycles. The number of carbonyl (C=O) groups is 1. The van der Waals surface area contributed by atoms with Gasteiger partial charge in [0, 0.05) is 59.7 Å². The number of aryl methyl sites for hydroxylation is 1. The fraction of sp³-hybridized carbons (Fsp3) is 0.353. The van der Waals surface area contributed by atoms with Gasteiger partial charge in [-0.05, 0) is 48.6 Å². The van der Waals surface area contributed by atoms with Gasteiger partial charge in [0.1, 0.15) is 29.6 Å². The number of aromatic nitrogens is 5. The summed E-state index contributed by atoms with van der Waals surface area (Å²) >= 11 is 6.56. The zero-order chi connectivity index (χ0) is 36.7. The largest absolute Gasteiger partial charge is 0.397 e. The molecule has 51 heavy (non-hydrogen) atoms. The van der Waals surface area contributed by atoms with E-state index in [0.29, 0.717) is 32.8 Å². The molecular formula is C34H29ClF6N6O3S. The van der Waals surface area contributed by atoms with Gasteiger partial charge in [-0.3, -0.25) is 19.1 Å². The topological polar surface area (TPSA) is 126 Å². The molecular weight excluding hydrogens is 722 g/mol. The first-order valence-electron chi connectivity index (χ1n) is 15.7. The summed E-state index contributed by atoms with van der Waals surface area (Å²) in [6.07, 6.45) is -1.29. The second kappa shape index (κ2) is 12.4. The van der Waals surface area contributed by atoms with Gasteiger partial charge in [0.15, 0.2) is 15.6 Å². The summed E-state index contributed by atoms with van der Waals surface area (Å²) in [5, 5.41) is 8.72. The Labute approximate surface area is 292 Å². The number of alkyl halides is 4. The fourth-order valence-electron chi connectivity index (χ4n) is 7.42. The molecule has 3 aromatic heterocycles. The van der Waals surface area contributed by atoms with E-state index in [2.05, 4.69) is 15.2 Å². The van der Waals surface area contributed by atoms with E-state index in [0.717, 1.165) is 18.4 Å². The normalized spacial score (nSPS) is 18.3. The number of ketones is 1. The molecule has 0 saturated heterocycles. The Balaban J connectivity index is 1.33. The van der Waals surface area contributed by atoms with Crippen LogP contribution in [0.25, 0.3) is 22.0 Å². The van der Waals surface area contributed by atoms with Crippen LogP contribution in [0.5, 0.6) is 0 Å². The van der Waals surface area contributed by atoms with Crippen molar-refractivity contribution in [3.05, 3.63) is 93.2 Å². The number of nitrogens with two attached hydrogens (primary N) is 1. The molecule has 0 unspecified atom stereocenters. The van der Waals surface area contributed by atoms with E-state index < -0.39 is 87.5 Å².